The predicted octanol–water partition coefficient (Wildman–Crippen LogP) is 1.31. The molecule has 186 valence electrons. The molecule has 0 radical (unpaired) electrons. The summed E-state index contributed by atoms with van der Waals surface area (Å²) in [5, 5.41) is 7.65. The number of carbonyl (C=O) groups is 3. The standard InChI is InChI=1S/C23H36N8O3/c1-15(2)12-18-21-25-17(4)27-31(21)11-10-30(23(34)19-13-24-14-28(19)5)9-7-8-20(32)29(6)16(3)22(33)26-18/h13-16,18H,7-12H2,1-6H3,(H,26,33)/t16-,18+/m0/s1. The molecule has 34 heavy (non-hydrogen) atoms. The highest BCUT2D eigenvalue weighted by atomic mass is 16.2. The number of rotatable bonds is 3. The van der Waals surface area contributed by atoms with Crippen LogP contribution < -0.4 is 5.32 Å². The number of nitrogens with one attached hydrogen (secondary N) is 1. The molecule has 1 aliphatic rings. The van der Waals surface area contributed by atoms with Crippen LogP contribution in [0.15, 0.2) is 12.5 Å². The first-order valence-electron chi connectivity index (χ1n) is 11.8. The lowest BCUT2D eigenvalue weighted by Gasteiger charge is -2.29. The molecule has 0 saturated heterocycles. The van der Waals surface area contributed by atoms with Crippen LogP contribution in [0.3, 0.4) is 0 Å². The van der Waals surface area contributed by atoms with Crippen LogP contribution in [0.1, 0.15) is 68.2 Å². The van der Waals surface area contributed by atoms with Crippen LogP contribution in [-0.4, -0.2) is 78.0 Å². The molecule has 0 spiro atoms. The second-order valence-electron chi connectivity index (χ2n) is 9.40. The van der Waals surface area contributed by atoms with Crippen LogP contribution in [-0.2, 0) is 23.2 Å². The van der Waals surface area contributed by atoms with Crippen molar-refractivity contribution in [1.82, 2.24) is 39.4 Å². The highest BCUT2D eigenvalue weighted by Crippen LogP contribution is 2.21. The molecule has 1 aliphatic heterocycles. The minimum Gasteiger partial charge on any atom is -0.344 e. The van der Waals surface area contributed by atoms with Crippen molar-refractivity contribution in [2.75, 3.05) is 20.1 Å². The lowest BCUT2D eigenvalue weighted by molar-refractivity contribution is -0.138. The summed E-state index contributed by atoms with van der Waals surface area (Å²) in [6.07, 6.45) is 4.54. The molecule has 0 fully saturated rings. The van der Waals surface area contributed by atoms with E-state index in [-0.39, 0.29) is 30.2 Å². The van der Waals surface area contributed by atoms with E-state index in [1.807, 2.05) is 6.92 Å². The summed E-state index contributed by atoms with van der Waals surface area (Å²) in [5.41, 5.74) is 0.484. The molecule has 0 unspecified atom stereocenters. The summed E-state index contributed by atoms with van der Waals surface area (Å²) < 4.78 is 3.48. The Hall–Kier alpha value is -3.24. The van der Waals surface area contributed by atoms with Gasteiger partial charge in [0.2, 0.25) is 11.8 Å². The van der Waals surface area contributed by atoms with Crippen molar-refractivity contribution < 1.29 is 14.4 Å². The molecule has 3 rings (SSSR count). The third-order valence-electron chi connectivity index (χ3n) is 6.22. The number of hydrogen-bond donors (Lipinski definition) is 1. The second-order valence-corrected chi connectivity index (χ2v) is 9.40. The Bertz CT molecular complexity index is 1030. The number of likely N-dealkylation sites (N-methyl/N-ethyl adjacent to an activating group) is 1. The van der Waals surface area contributed by atoms with Crippen LogP contribution in [0.5, 0.6) is 0 Å². The number of aromatic nitrogens is 5. The molecule has 0 aliphatic carbocycles. The largest absolute Gasteiger partial charge is 0.344 e. The number of nitrogens with zero attached hydrogens (tertiary/aromatic N) is 7. The summed E-state index contributed by atoms with van der Waals surface area (Å²) in [5.74, 6) is 1.06. The molecule has 2 aromatic heterocycles. The summed E-state index contributed by atoms with van der Waals surface area (Å²) in [6.45, 7) is 8.92. The molecule has 0 saturated carbocycles. The third kappa shape index (κ3) is 5.81. The monoisotopic (exact) mass is 472 g/mol. The Morgan fingerprint density at radius 2 is 1.94 bits per heavy atom. The minimum absolute atomic E-state index is 0.132. The van der Waals surface area contributed by atoms with Crippen molar-refractivity contribution in [3.8, 4) is 0 Å². The fourth-order valence-electron chi connectivity index (χ4n) is 4.13. The van der Waals surface area contributed by atoms with E-state index in [0.29, 0.717) is 55.7 Å². The maximum Gasteiger partial charge on any atom is 0.272 e. The Morgan fingerprint density at radius 3 is 2.59 bits per heavy atom. The summed E-state index contributed by atoms with van der Waals surface area (Å²) in [7, 11) is 3.42. The van der Waals surface area contributed by atoms with Gasteiger partial charge in [-0.05, 0) is 32.6 Å². The molecule has 2 atom stereocenters. The molecular formula is C23H36N8O3. The van der Waals surface area contributed by atoms with Gasteiger partial charge in [0.05, 0.1) is 25.1 Å². The van der Waals surface area contributed by atoms with Gasteiger partial charge in [0.1, 0.15) is 23.4 Å². The van der Waals surface area contributed by atoms with E-state index in [1.165, 1.54) is 4.90 Å². The fraction of sp³-hybridized carbons (Fsp3) is 0.652. The van der Waals surface area contributed by atoms with Gasteiger partial charge in [0, 0.05) is 33.6 Å². The van der Waals surface area contributed by atoms with Crippen LogP contribution >= 0.6 is 0 Å². The van der Waals surface area contributed by atoms with Gasteiger partial charge >= 0.3 is 0 Å². The maximum absolute atomic E-state index is 13.3. The van der Waals surface area contributed by atoms with Crippen molar-refractivity contribution in [3.05, 3.63) is 29.9 Å². The van der Waals surface area contributed by atoms with E-state index in [1.54, 1.807) is 47.7 Å². The number of carbonyl (C=O) groups excluding carboxylic acids is 3. The molecular weight excluding hydrogens is 436 g/mol. The smallest absolute Gasteiger partial charge is 0.272 e. The van der Waals surface area contributed by atoms with E-state index in [0.717, 1.165) is 0 Å². The predicted molar refractivity (Wildman–Crippen MR) is 126 cm³/mol. The van der Waals surface area contributed by atoms with Gasteiger partial charge < -0.3 is 19.7 Å². The quantitative estimate of drug-likeness (QED) is 0.720. The number of aryl methyl sites for hydroxylation is 2. The maximum atomic E-state index is 13.3. The van der Waals surface area contributed by atoms with Crippen LogP contribution in [0.4, 0.5) is 0 Å². The molecule has 2 aromatic rings. The van der Waals surface area contributed by atoms with Crippen LogP contribution in [0.2, 0.25) is 0 Å². The topological polar surface area (TPSA) is 118 Å². The summed E-state index contributed by atoms with van der Waals surface area (Å²) >= 11 is 0. The Balaban J connectivity index is 1.96. The molecule has 11 nitrogen and oxygen atoms in total. The first-order chi connectivity index (χ1) is 16.1. The molecule has 0 bridgehead atoms. The number of fused-ring (bicyclic) bond motifs is 1. The van der Waals surface area contributed by atoms with Crippen LogP contribution in [0.25, 0.3) is 0 Å². The molecule has 3 heterocycles. The number of hydrogen-bond acceptors (Lipinski definition) is 6. The van der Waals surface area contributed by atoms with E-state index in [2.05, 4.69) is 34.2 Å². The van der Waals surface area contributed by atoms with Crippen molar-refractivity contribution in [1.29, 1.82) is 0 Å². The Kier molecular flexibility index (Phi) is 8.06. The lowest BCUT2D eigenvalue weighted by Crippen LogP contribution is -2.47. The van der Waals surface area contributed by atoms with Crippen molar-refractivity contribution in [2.24, 2.45) is 13.0 Å². The average molecular weight is 473 g/mol. The van der Waals surface area contributed by atoms with E-state index in [4.69, 9.17) is 0 Å². The minimum atomic E-state index is -0.630. The molecule has 3 amide bonds. The fourth-order valence-corrected chi connectivity index (χ4v) is 4.13. The SMILES string of the molecule is Cc1nc2n(n1)CCN(C(=O)c1cncn1C)CCCC(=O)N(C)[C@@H](C)C(=O)N[C@@H]2CC(C)C. The molecule has 0 aromatic carbocycles. The van der Waals surface area contributed by atoms with Crippen molar-refractivity contribution in [2.45, 2.75) is 65.6 Å². The van der Waals surface area contributed by atoms with Gasteiger partial charge in [-0.2, -0.15) is 5.10 Å². The first-order valence-corrected chi connectivity index (χ1v) is 11.8. The van der Waals surface area contributed by atoms with E-state index < -0.39 is 6.04 Å². The van der Waals surface area contributed by atoms with Crippen LogP contribution in [0, 0.1) is 12.8 Å². The second kappa shape index (κ2) is 10.8. The van der Waals surface area contributed by atoms with Gasteiger partial charge in [-0.25, -0.2) is 14.6 Å². The zero-order valence-corrected chi connectivity index (χ0v) is 21.0. The van der Waals surface area contributed by atoms with Crippen molar-refractivity contribution >= 4 is 17.7 Å². The summed E-state index contributed by atoms with van der Waals surface area (Å²) in [4.78, 5) is 50.9. The Labute approximate surface area is 200 Å². The highest BCUT2D eigenvalue weighted by Gasteiger charge is 2.29. The zero-order valence-electron chi connectivity index (χ0n) is 21.0. The van der Waals surface area contributed by atoms with Gasteiger partial charge in [-0.3, -0.25) is 14.4 Å². The van der Waals surface area contributed by atoms with Gasteiger partial charge in [-0.1, -0.05) is 13.8 Å². The molecule has 11 heteroatoms. The highest BCUT2D eigenvalue weighted by molar-refractivity contribution is 5.92. The van der Waals surface area contributed by atoms with Gasteiger partial charge in [0.15, 0.2) is 0 Å². The normalized spacial score (nSPS) is 20.8. The van der Waals surface area contributed by atoms with Gasteiger partial charge in [-0.15, -0.1) is 0 Å². The Morgan fingerprint density at radius 1 is 1.21 bits per heavy atom. The van der Waals surface area contributed by atoms with E-state index >= 15 is 0 Å². The third-order valence-corrected chi connectivity index (χ3v) is 6.22. The number of imidazole rings is 1. The average Bonchev–Trinajstić information content (AvgIpc) is 3.37. The molecule has 1 N–H and O–H groups in total. The first kappa shape index (κ1) is 25.4. The number of amides is 3. The van der Waals surface area contributed by atoms with Crippen molar-refractivity contribution in [3.63, 3.8) is 0 Å². The van der Waals surface area contributed by atoms with Gasteiger partial charge in [0.25, 0.3) is 5.91 Å². The van der Waals surface area contributed by atoms with E-state index in [9.17, 15) is 14.4 Å². The lowest BCUT2D eigenvalue weighted by atomic mass is 10.0. The zero-order chi connectivity index (χ0) is 25.0. The summed E-state index contributed by atoms with van der Waals surface area (Å²) in [6, 6.07) is -0.987.